The molecule has 0 heterocycles. The van der Waals surface area contributed by atoms with Gasteiger partial charge in [-0.25, -0.2) is 4.79 Å². The van der Waals surface area contributed by atoms with Crippen LogP contribution < -0.4 is 0 Å². The molecular formula is C18H26O3. The third-order valence-corrected chi connectivity index (χ3v) is 3.34. The Bertz CT molecular complexity index is 400. The van der Waals surface area contributed by atoms with Crippen molar-refractivity contribution >= 4 is 5.97 Å². The minimum absolute atomic E-state index is 0.349. The van der Waals surface area contributed by atoms with Crippen LogP contribution in [0, 0.1) is 0 Å². The van der Waals surface area contributed by atoms with Gasteiger partial charge in [0.05, 0.1) is 6.61 Å². The molecule has 1 aromatic carbocycles. The van der Waals surface area contributed by atoms with E-state index in [9.17, 15) is 4.79 Å². The zero-order chi connectivity index (χ0) is 15.3. The van der Waals surface area contributed by atoms with E-state index in [2.05, 4.69) is 37.8 Å². The van der Waals surface area contributed by atoms with Crippen LogP contribution in [0.15, 0.2) is 43.0 Å². The second-order valence-electron chi connectivity index (χ2n) is 5.02. The topological polar surface area (TPSA) is 35.5 Å². The first-order chi connectivity index (χ1) is 10.3. The molecule has 0 saturated heterocycles. The number of carbonyl (C=O) groups is 1. The molecular weight excluding hydrogens is 264 g/mol. The molecule has 0 aliphatic heterocycles. The second kappa shape index (κ2) is 11.1. The minimum Gasteiger partial charge on any atom is -0.463 e. The minimum atomic E-state index is -0.349. The molecule has 0 amide bonds. The summed E-state index contributed by atoms with van der Waals surface area (Å²) in [5.74, 6) is 0.100. The largest absolute Gasteiger partial charge is 0.463 e. The second-order valence-corrected chi connectivity index (χ2v) is 5.02. The third kappa shape index (κ3) is 7.66. The lowest BCUT2D eigenvalue weighted by Gasteiger charge is -2.17. The van der Waals surface area contributed by atoms with E-state index >= 15 is 0 Å². The van der Waals surface area contributed by atoms with Crippen molar-refractivity contribution in [1.29, 1.82) is 0 Å². The van der Waals surface area contributed by atoms with Crippen LogP contribution in [0.5, 0.6) is 0 Å². The molecule has 1 atom stereocenters. The first-order valence-electron chi connectivity index (χ1n) is 7.69. The summed E-state index contributed by atoms with van der Waals surface area (Å²) in [7, 11) is 0. The molecule has 0 aliphatic rings. The SMILES string of the molecule is C=CC(=O)OCCCC(CCOCCC)c1ccccc1. The van der Waals surface area contributed by atoms with Crippen LogP contribution in [-0.2, 0) is 14.3 Å². The number of ether oxygens (including phenoxy) is 2. The smallest absolute Gasteiger partial charge is 0.330 e. The van der Waals surface area contributed by atoms with Crippen LogP contribution in [0.25, 0.3) is 0 Å². The molecule has 0 radical (unpaired) electrons. The normalized spacial score (nSPS) is 11.9. The van der Waals surface area contributed by atoms with Crippen molar-refractivity contribution in [1.82, 2.24) is 0 Å². The number of rotatable bonds is 11. The fraction of sp³-hybridized carbons (Fsp3) is 0.500. The van der Waals surface area contributed by atoms with Crippen LogP contribution in [0.4, 0.5) is 0 Å². The number of carbonyl (C=O) groups excluding carboxylic acids is 1. The summed E-state index contributed by atoms with van der Waals surface area (Å²) in [6, 6.07) is 10.5. The van der Waals surface area contributed by atoms with Gasteiger partial charge in [-0.05, 0) is 37.2 Å². The molecule has 21 heavy (non-hydrogen) atoms. The van der Waals surface area contributed by atoms with Crippen molar-refractivity contribution < 1.29 is 14.3 Å². The van der Waals surface area contributed by atoms with E-state index in [0.717, 1.165) is 38.9 Å². The fourth-order valence-electron chi connectivity index (χ4n) is 2.24. The maximum Gasteiger partial charge on any atom is 0.330 e. The average Bonchev–Trinajstić information content (AvgIpc) is 2.53. The quantitative estimate of drug-likeness (QED) is 0.350. The van der Waals surface area contributed by atoms with Gasteiger partial charge in [-0.2, -0.15) is 0 Å². The van der Waals surface area contributed by atoms with E-state index in [0.29, 0.717) is 12.5 Å². The zero-order valence-corrected chi connectivity index (χ0v) is 12.9. The van der Waals surface area contributed by atoms with E-state index in [1.165, 1.54) is 11.6 Å². The number of hydrogen-bond donors (Lipinski definition) is 0. The van der Waals surface area contributed by atoms with Gasteiger partial charge in [0.1, 0.15) is 0 Å². The number of hydrogen-bond acceptors (Lipinski definition) is 3. The van der Waals surface area contributed by atoms with Crippen molar-refractivity contribution in [3.05, 3.63) is 48.6 Å². The highest BCUT2D eigenvalue weighted by Gasteiger charge is 2.11. The Hall–Kier alpha value is -1.61. The Morgan fingerprint density at radius 1 is 1.19 bits per heavy atom. The van der Waals surface area contributed by atoms with Crippen molar-refractivity contribution in [2.45, 2.75) is 38.5 Å². The number of benzene rings is 1. The first-order valence-corrected chi connectivity index (χ1v) is 7.69. The van der Waals surface area contributed by atoms with Gasteiger partial charge in [0.15, 0.2) is 0 Å². The highest BCUT2D eigenvalue weighted by Crippen LogP contribution is 2.24. The lowest BCUT2D eigenvalue weighted by Crippen LogP contribution is -2.08. The third-order valence-electron chi connectivity index (χ3n) is 3.34. The monoisotopic (exact) mass is 290 g/mol. The van der Waals surface area contributed by atoms with E-state index in [-0.39, 0.29) is 5.97 Å². The van der Waals surface area contributed by atoms with Crippen molar-refractivity contribution in [2.75, 3.05) is 19.8 Å². The zero-order valence-electron chi connectivity index (χ0n) is 12.9. The average molecular weight is 290 g/mol. The Balaban J connectivity index is 2.40. The maximum atomic E-state index is 11.0. The predicted molar refractivity (Wildman–Crippen MR) is 85.3 cm³/mol. The van der Waals surface area contributed by atoms with E-state index in [4.69, 9.17) is 9.47 Å². The predicted octanol–water partition coefficient (Wildman–Crippen LogP) is 4.10. The Labute approximate surface area is 128 Å². The lowest BCUT2D eigenvalue weighted by atomic mass is 9.91. The highest BCUT2D eigenvalue weighted by atomic mass is 16.5. The molecule has 1 unspecified atom stereocenters. The molecule has 0 saturated carbocycles. The standard InChI is InChI=1S/C18H26O3/c1-3-13-20-15-12-17(16-9-6-5-7-10-16)11-8-14-21-18(19)4-2/h4-7,9-10,17H,2-3,8,11-15H2,1H3. The van der Waals surface area contributed by atoms with Gasteiger partial charge >= 0.3 is 5.97 Å². The summed E-state index contributed by atoms with van der Waals surface area (Å²) in [5, 5.41) is 0. The van der Waals surface area contributed by atoms with E-state index in [1.807, 2.05) is 6.07 Å². The summed E-state index contributed by atoms with van der Waals surface area (Å²) < 4.78 is 10.6. The summed E-state index contributed by atoms with van der Waals surface area (Å²) in [4.78, 5) is 11.0. The van der Waals surface area contributed by atoms with Crippen molar-refractivity contribution in [3.63, 3.8) is 0 Å². The van der Waals surface area contributed by atoms with Gasteiger partial charge in [0.2, 0.25) is 0 Å². The van der Waals surface area contributed by atoms with E-state index < -0.39 is 0 Å². The Morgan fingerprint density at radius 3 is 2.62 bits per heavy atom. The summed E-state index contributed by atoms with van der Waals surface area (Å²) in [6.07, 6.45) is 5.09. The molecule has 0 aromatic heterocycles. The van der Waals surface area contributed by atoms with Gasteiger partial charge in [0.25, 0.3) is 0 Å². The molecule has 116 valence electrons. The Kier molecular flexibility index (Phi) is 9.21. The van der Waals surface area contributed by atoms with Gasteiger partial charge < -0.3 is 9.47 Å². The van der Waals surface area contributed by atoms with Gasteiger partial charge in [-0.1, -0.05) is 43.8 Å². The molecule has 0 bridgehead atoms. The lowest BCUT2D eigenvalue weighted by molar-refractivity contribution is -0.137. The molecule has 3 heteroatoms. The molecule has 0 aliphatic carbocycles. The van der Waals surface area contributed by atoms with Crippen LogP contribution in [-0.4, -0.2) is 25.8 Å². The van der Waals surface area contributed by atoms with Crippen LogP contribution in [0.2, 0.25) is 0 Å². The first kappa shape index (κ1) is 17.4. The molecule has 1 rings (SSSR count). The number of esters is 1. The fourth-order valence-corrected chi connectivity index (χ4v) is 2.24. The molecule has 3 nitrogen and oxygen atoms in total. The molecule has 0 fully saturated rings. The van der Waals surface area contributed by atoms with Gasteiger partial charge in [-0.15, -0.1) is 0 Å². The molecule has 0 spiro atoms. The maximum absolute atomic E-state index is 11.0. The van der Waals surface area contributed by atoms with Crippen LogP contribution >= 0.6 is 0 Å². The van der Waals surface area contributed by atoms with Crippen molar-refractivity contribution in [3.8, 4) is 0 Å². The molecule has 1 aromatic rings. The van der Waals surface area contributed by atoms with Crippen LogP contribution in [0.1, 0.15) is 44.1 Å². The molecule has 0 N–H and O–H groups in total. The van der Waals surface area contributed by atoms with Crippen LogP contribution in [0.3, 0.4) is 0 Å². The van der Waals surface area contributed by atoms with E-state index in [1.54, 1.807) is 0 Å². The Morgan fingerprint density at radius 2 is 1.95 bits per heavy atom. The highest BCUT2D eigenvalue weighted by molar-refractivity contribution is 5.81. The van der Waals surface area contributed by atoms with Crippen molar-refractivity contribution in [2.24, 2.45) is 0 Å². The van der Waals surface area contributed by atoms with Gasteiger partial charge in [0, 0.05) is 19.3 Å². The summed E-state index contributed by atoms with van der Waals surface area (Å²) in [6.45, 7) is 7.55. The van der Waals surface area contributed by atoms with Gasteiger partial charge in [-0.3, -0.25) is 0 Å². The summed E-state index contributed by atoms with van der Waals surface area (Å²) >= 11 is 0. The summed E-state index contributed by atoms with van der Waals surface area (Å²) in [5.41, 5.74) is 1.33.